The van der Waals surface area contributed by atoms with Crippen LogP contribution in [0.5, 0.6) is 0 Å². The number of aromatic nitrogens is 1. The van der Waals surface area contributed by atoms with Crippen LogP contribution in [-0.2, 0) is 6.54 Å². The van der Waals surface area contributed by atoms with E-state index in [2.05, 4.69) is 10.3 Å². The Balaban J connectivity index is 1.78. The standard InChI is InChI=1S/C16H14ClN3O/c17-12-6-2-1-4-11(12)9-19-16(21)14-8-10-5-3-7-13(18)15(10)20-14/h1-8,20H,9,18H2,(H,19,21). The summed E-state index contributed by atoms with van der Waals surface area (Å²) in [6.07, 6.45) is 0. The minimum atomic E-state index is -0.189. The van der Waals surface area contributed by atoms with Gasteiger partial charge in [-0.1, -0.05) is 41.9 Å². The molecule has 0 radical (unpaired) electrons. The smallest absolute Gasteiger partial charge is 0.267 e. The number of hydrogen-bond acceptors (Lipinski definition) is 2. The fourth-order valence-corrected chi connectivity index (χ4v) is 2.42. The second-order valence-electron chi connectivity index (χ2n) is 4.77. The van der Waals surface area contributed by atoms with Gasteiger partial charge in [0, 0.05) is 17.0 Å². The Morgan fingerprint density at radius 2 is 2.00 bits per heavy atom. The van der Waals surface area contributed by atoms with Crippen molar-refractivity contribution in [3.63, 3.8) is 0 Å². The van der Waals surface area contributed by atoms with Crippen LogP contribution >= 0.6 is 11.6 Å². The number of halogens is 1. The quantitative estimate of drug-likeness (QED) is 0.649. The minimum absolute atomic E-state index is 0.189. The van der Waals surface area contributed by atoms with E-state index in [1.165, 1.54) is 0 Å². The number of anilines is 1. The molecule has 4 N–H and O–H groups in total. The Hall–Kier alpha value is -2.46. The number of carbonyl (C=O) groups is 1. The highest BCUT2D eigenvalue weighted by Gasteiger charge is 2.11. The molecule has 3 rings (SSSR count). The van der Waals surface area contributed by atoms with E-state index in [9.17, 15) is 4.79 Å². The summed E-state index contributed by atoms with van der Waals surface area (Å²) in [5.41, 5.74) is 8.63. The number of nitrogens with one attached hydrogen (secondary N) is 2. The third-order valence-electron chi connectivity index (χ3n) is 3.33. The molecule has 4 nitrogen and oxygen atoms in total. The molecule has 1 aromatic heterocycles. The van der Waals surface area contributed by atoms with Crippen molar-refractivity contribution in [3.05, 3.63) is 64.8 Å². The fourth-order valence-electron chi connectivity index (χ4n) is 2.21. The second-order valence-corrected chi connectivity index (χ2v) is 5.18. The zero-order valence-corrected chi connectivity index (χ0v) is 11.9. The van der Waals surface area contributed by atoms with Crippen LogP contribution in [0.1, 0.15) is 16.1 Å². The van der Waals surface area contributed by atoms with Crippen LogP contribution in [0.4, 0.5) is 5.69 Å². The zero-order valence-electron chi connectivity index (χ0n) is 11.2. The topological polar surface area (TPSA) is 70.9 Å². The lowest BCUT2D eigenvalue weighted by atomic mass is 10.2. The van der Waals surface area contributed by atoms with Crippen molar-refractivity contribution in [2.75, 3.05) is 5.73 Å². The van der Waals surface area contributed by atoms with E-state index in [1.54, 1.807) is 18.2 Å². The maximum absolute atomic E-state index is 12.2. The van der Waals surface area contributed by atoms with E-state index in [-0.39, 0.29) is 5.91 Å². The third kappa shape index (κ3) is 2.71. The Kier molecular flexibility index (Phi) is 3.54. The second kappa shape index (κ2) is 5.50. The minimum Gasteiger partial charge on any atom is -0.397 e. The summed E-state index contributed by atoms with van der Waals surface area (Å²) in [5, 5.41) is 4.39. The van der Waals surface area contributed by atoms with Gasteiger partial charge in [0.25, 0.3) is 5.91 Å². The predicted octanol–water partition coefficient (Wildman–Crippen LogP) is 3.33. The molecule has 0 aliphatic rings. The van der Waals surface area contributed by atoms with Crippen LogP contribution in [0.3, 0.4) is 0 Å². The summed E-state index contributed by atoms with van der Waals surface area (Å²) in [7, 11) is 0. The highest BCUT2D eigenvalue weighted by molar-refractivity contribution is 6.31. The Morgan fingerprint density at radius 1 is 1.19 bits per heavy atom. The highest BCUT2D eigenvalue weighted by Crippen LogP contribution is 2.21. The number of fused-ring (bicyclic) bond motifs is 1. The average molecular weight is 300 g/mol. The van der Waals surface area contributed by atoms with Gasteiger partial charge in [0.05, 0.1) is 11.2 Å². The van der Waals surface area contributed by atoms with Crippen molar-refractivity contribution < 1.29 is 4.79 Å². The number of carbonyl (C=O) groups excluding carboxylic acids is 1. The molecule has 0 bridgehead atoms. The lowest BCUT2D eigenvalue weighted by molar-refractivity contribution is 0.0947. The molecule has 1 amide bonds. The molecule has 0 aliphatic carbocycles. The number of hydrogen-bond donors (Lipinski definition) is 3. The Labute approximate surface area is 126 Å². The fraction of sp³-hybridized carbons (Fsp3) is 0.0625. The molecule has 0 fully saturated rings. The van der Waals surface area contributed by atoms with Crippen molar-refractivity contribution in [2.24, 2.45) is 0 Å². The normalized spacial score (nSPS) is 10.7. The molecule has 0 aliphatic heterocycles. The van der Waals surface area contributed by atoms with Crippen LogP contribution in [0, 0.1) is 0 Å². The van der Waals surface area contributed by atoms with Crippen LogP contribution in [-0.4, -0.2) is 10.9 Å². The molecule has 0 saturated carbocycles. The van der Waals surface area contributed by atoms with Crippen LogP contribution < -0.4 is 11.1 Å². The number of benzene rings is 2. The molecule has 0 spiro atoms. The van der Waals surface area contributed by atoms with Gasteiger partial charge in [0.15, 0.2) is 0 Å². The molecule has 21 heavy (non-hydrogen) atoms. The van der Waals surface area contributed by atoms with Gasteiger partial charge in [0.1, 0.15) is 5.69 Å². The van der Waals surface area contributed by atoms with Crippen molar-refractivity contribution in [3.8, 4) is 0 Å². The van der Waals surface area contributed by atoms with E-state index in [0.717, 1.165) is 16.5 Å². The molecular formula is C16H14ClN3O. The molecule has 3 aromatic rings. The summed E-state index contributed by atoms with van der Waals surface area (Å²) in [5.74, 6) is -0.189. The first-order chi connectivity index (χ1) is 10.1. The largest absolute Gasteiger partial charge is 0.397 e. The van der Waals surface area contributed by atoms with Crippen molar-refractivity contribution in [1.29, 1.82) is 0 Å². The maximum Gasteiger partial charge on any atom is 0.267 e. The lowest BCUT2D eigenvalue weighted by Crippen LogP contribution is -2.23. The number of nitrogen functional groups attached to an aromatic ring is 1. The first kappa shape index (κ1) is 13.5. The monoisotopic (exact) mass is 299 g/mol. The molecule has 106 valence electrons. The number of aromatic amines is 1. The van der Waals surface area contributed by atoms with E-state index in [4.69, 9.17) is 17.3 Å². The molecule has 5 heteroatoms. The van der Waals surface area contributed by atoms with Gasteiger partial charge in [-0.05, 0) is 23.8 Å². The summed E-state index contributed by atoms with van der Waals surface area (Å²) in [4.78, 5) is 15.2. The van der Waals surface area contributed by atoms with Gasteiger partial charge in [0.2, 0.25) is 0 Å². The summed E-state index contributed by atoms with van der Waals surface area (Å²) < 4.78 is 0. The molecule has 0 atom stereocenters. The number of H-pyrrole nitrogens is 1. The number of amides is 1. The van der Waals surface area contributed by atoms with Gasteiger partial charge in [-0.15, -0.1) is 0 Å². The zero-order chi connectivity index (χ0) is 14.8. The van der Waals surface area contributed by atoms with Gasteiger partial charge in [-0.3, -0.25) is 4.79 Å². The van der Waals surface area contributed by atoms with E-state index >= 15 is 0 Å². The summed E-state index contributed by atoms with van der Waals surface area (Å²) >= 11 is 6.06. The number of rotatable bonds is 3. The summed E-state index contributed by atoms with van der Waals surface area (Å²) in [6, 6.07) is 14.8. The van der Waals surface area contributed by atoms with E-state index in [1.807, 2.05) is 30.3 Å². The highest BCUT2D eigenvalue weighted by atomic mass is 35.5. The van der Waals surface area contributed by atoms with E-state index < -0.39 is 0 Å². The average Bonchev–Trinajstić information content (AvgIpc) is 2.92. The first-order valence-electron chi connectivity index (χ1n) is 6.54. The molecule has 1 heterocycles. The Morgan fingerprint density at radius 3 is 2.76 bits per heavy atom. The van der Waals surface area contributed by atoms with Crippen LogP contribution in [0.15, 0.2) is 48.5 Å². The van der Waals surface area contributed by atoms with Crippen molar-refractivity contribution >= 4 is 34.1 Å². The van der Waals surface area contributed by atoms with Crippen molar-refractivity contribution in [1.82, 2.24) is 10.3 Å². The maximum atomic E-state index is 12.2. The van der Waals surface area contributed by atoms with Gasteiger partial charge in [-0.25, -0.2) is 0 Å². The van der Waals surface area contributed by atoms with Gasteiger partial charge in [-0.2, -0.15) is 0 Å². The van der Waals surface area contributed by atoms with E-state index in [0.29, 0.717) is 22.9 Å². The molecule has 0 saturated heterocycles. The number of nitrogens with two attached hydrogens (primary N) is 1. The first-order valence-corrected chi connectivity index (χ1v) is 6.92. The molecular weight excluding hydrogens is 286 g/mol. The predicted molar refractivity (Wildman–Crippen MR) is 85.3 cm³/mol. The van der Waals surface area contributed by atoms with Crippen LogP contribution in [0.25, 0.3) is 10.9 Å². The molecule has 2 aromatic carbocycles. The Bertz CT molecular complexity index is 810. The van der Waals surface area contributed by atoms with Crippen LogP contribution in [0.2, 0.25) is 5.02 Å². The number of para-hydroxylation sites is 1. The lowest BCUT2D eigenvalue weighted by Gasteiger charge is -2.05. The van der Waals surface area contributed by atoms with Crippen molar-refractivity contribution in [2.45, 2.75) is 6.54 Å². The van der Waals surface area contributed by atoms with Gasteiger partial charge < -0.3 is 16.0 Å². The summed E-state index contributed by atoms with van der Waals surface area (Å²) in [6.45, 7) is 0.378. The third-order valence-corrected chi connectivity index (χ3v) is 3.70. The van der Waals surface area contributed by atoms with Gasteiger partial charge >= 0.3 is 0 Å². The SMILES string of the molecule is Nc1cccc2cc(C(=O)NCc3ccccc3Cl)[nH]c12. The molecule has 0 unspecified atom stereocenters.